The SMILES string of the molecule is O=C(O)c1cccc(C2CC2c2ccc(OCc3c(-c4c(Cl)cncc4Cl)noc3C3CC3)cc2Cl)c1. The van der Waals surface area contributed by atoms with E-state index >= 15 is 0 Å². The van der Waals surface area contributed by atoms with Crippen LogP contribution in [0.4, 0.5) is 0 Å². The second-order valence-electron chi connectivity index (χ2n) is 9.48. The van der Waals surface area contributed by atoms with E-state index in [0.29, 0.717) is 43.6 Å². The normalized spacial score (nSPS) is 18.6. The van der Waals surface area contributed by atoms with Gasteiger partial charge in [0.25, 0.3) is 0 Å². The number of nitrogens with zero attached hydrogens (tertiary/aromatic N) is 2. The molecule has 0 spiro atoms. The van der Waals surface area contributed by atoms with E-state index in [2.05, 4.69) is 10.1 Å². The Balaban J connectivity index is 1.21. The number of halogens is 3. The second-order valence-corrected chi connectivity index (χ2v) is 10.7. The van der Waals surface area contributed by atoms with E-state index < -0.39 is 5.97 Å². The molecule has 188 valence electrons. The molecular weight excluding hydrogens is 535 g/mol. The molecule has 2 unspecified atom stereocenters. The molecule has 2 aromatic carbocycles. The highest BCUT2D eigenvalue weighted by Gasteiger charge is 2.41. The molecule has 37 heavy (non-hydrogen) atoms. The highest BCUT2D eigenvalue weighted by molar-refractivity contribution is 6.38. The quantitative estimate of drug-likeness (QED) is 0.236. The van der Waals surface area contributed by atoms with Crippen molar-refractivity contribution >= 4 is 40.8 Å². The Kier molecular flexibility index (Phi) is 6.35. The molecular formula is C28H21Cl3N2O4. The van der Waals surface area contributed by atoms with Crippen molar-refractivity contribution in [3.8, 4) is 17.0 Å². The summed E-state index contributed by atoms with van der Waals surface area (Å²) in [4.78, 5) is 15.3. The van der Waals surface area contributed by atoms with E-state index in [1.165, 1.54) is 12.4 Å². The molecule has 2 fully saturated rings. The van der Waals surface area contributed by atoms with Crippen molar-refractivity contribution in [2.24, 2.45) is 0 Å². The number of ether oxygens (including phenoxy) is 1. The zero-order valence-corrected chi connectivity index (χ0v) is 21.7. The lowest BCUT2D eigenvalue weighted by atomic mass is 10.0. The minimum atomic E-state index is -0.923. The Hall–Kier alpha value is -3.06. The average molecular weight is 556 g/mol. The molecule has 4 aromatic rings. The molecule has 2 saturated carbocycles. The van der Waals surface area contributed by atoms with Crippen LogP contribution in [0.3, 0.4) is 0 Å². The molecule has 2 atom stereocenters. The van der Waals surface area contributed by atoms with Crippen LogP contribution in [0.15, 0.2) is 59.4 Å². The molecule has 6 nitrogen and oxygen atoms in total. The van der Waals surface area contributed by atoms with Crippen LogP contribution in [0.1, 0.15) is 69.8 Å². The summed E-state index contributed by atoms with van der Waals surface area (Å²) >= 11 is 19.5. The molecule has 0 saturated heterocycles. The first-order valence-corrected chi connectivity index (χ1v) is 13.1. The van der Waals surface area contributed by atoms with Crippen LogP contribution < -0.4 is 4.74 Å². The molecule has 2 aliphatic rings. The number of carboxylic acids is 1. The molecule has 1 N–H and O–H groups in total. The number of hydrogen-bond acceptors (Lipinski definition) is 5. The van der Waals surface area contributed by atoms with Gasteiger partial charge >= 0.3 is 5.97 Å². The fourth-order valence-corrected chi connectivity index (χ4v) is 5.68. The van der Waals surface area contributed by atoms with Crippen molar-refractivity contribution in [3.63, 3.8) is 0 Å². The first-order chi connectivity index (χ1) is 17.9. The number of rotatable bonds is 8. The largest absolute Gasteiger partial charge is 0.489 e. The van der Waals surface area contributed by atoms with Crippen LogP contribution in [0.2, 0.25) is 15.1 Å². The molecule has 0 amide bonds. The van der Waals surface area contributed by atoms with Gasteiger partial charge < -0.3 is 14.4 Å². The van der Waals surface area contributed by atoms with Crippen molar-refractivity contribution in [3.05, 3.63) is 97.9 Å². The van der Waals surface area contributed by atoms with Gasteiger partial charge in [0.15, 0.2) is 0 Å². The van der Waals surface area contributed by atoms with Gasteiger partial charge in [-0.25, -0.2) is 4.79 Å². The van der Waals surface area contributed by atoms with Crippen molar-refractivity contribution in [1.82, 2.24) is 10.1 Å². The topological polar surface area (TPSA) is 85.5 Å². The first-order valence-electron chi connectivity index (χ1n) is 11.9. The number of aromatic nitrogens is 2. The number of carboxylic acid groups (broad SMARTS) is 1. The maximum atomic E-state index is 11.3. The summed E-state index contributed by atoms with van der Waals surface area (Å²) in [5, 5.41) is 15.0. The molecule has 2 aliphatic carbocycles. The zero-order chi connectivity index (χ0) is 25.7. The predicted octanol–water partition coefficient (Wildman–Crippen LogP) is 8.12. The summed E-state index contributed by atoms with van der Waals surface area (Å²) in [6, 6.07) is 12.8. The van der Waals surface area contributed by atoms with Crippen LogP contribution in [-0.4, -0.2) is 21.2 Å². The molecule has 0 radical (unpaired) electrons. The number of pyridine rings is 1. The summed E-state index contributed by atoms with van der Waals surface area (Å²) in [7, 11) is 0. The maximum absolute atomic E-state index is 11.3. The summed E-state index contributed by atoms with van der Waals surface area (Å²) in [5.74, 6) is 1.31. The number of hydrogen-bond donors (Lipinski definition) is 1. The predicted molar refractivity (Wildman–Crippen MR) is 141 cm³/mol. The van der Waals surface area contributed by atoms with E-state index in [9.17, 15) is 9.90 Å². The van der Waals surface area contributed by atoms with Gasteiger partial charge in [-0.05, 0) is 66.5 Å². The zero-order valence-electron chi connectivity index (χ0n) is 19.5. The molecule has 0 bridgehead atoms. The standard InChI is InChI=1S/C28H21Cl3N2O4/c29-22-9-17(6-7-18(22)20-10-19(20)15-2-1-3-16(8-15)28(34)35)36-13-21-26(33-37-27(21)14-4-5-14)25-23(30)11-32-12-24(25)31/h1-3,6-9,11-12,14,19-20H,4-5,10,13H2,(H,34,35). The monoisotopic (exact) mass is 554 g/mol. The fourth-order valence-electron chi connectivity index (χ4n) is 4.83. The van der Waals surface area contributed by atoms with Crippen molar-refractivity contribution in [1.29, 1.82) is 0 Å². The van der Waals surface area contributed by atoms with Gasteiger partial charge in [-0.15, -0.1) is 0 Å². The lowest BCUT2D eigenvalue weighted by Gasteiger charge is -2.11. The average Bonchev–Trinajstić information content (AvgIpc) is 3.81. The molecule has 0 aliphatic heterocycles. The smallest absolute Gasteiger partial charge is 0.335 e. The second kappa shape index (κ2) is 9.67. The Morgan fingerprint density at radius 2 is 1.81 bits per heavy atom. The third kappa shape index (κ3) is 4.81. The fraction of sp³-hybridized carbons (Fsp3) is 0.250. The van der Waals surface area contributed by atoms with Crippen LogP contribution in [0, 0.1) is 0 Å². The first kappa shape index (κ1) is 24.3. The summed E-state index contributed by atoms with van der Waals surface area (Å²) in [6.07, 6.45) is 6.06. The van der Waals surface area contributed by atoms with Crippen molar-refractivity contribution in [2.75, 3.05) is 0 Å². The van der Waals surface area contributed by atoms with Crippen LogP contribution in [0.5, 0.6) is 5.75 Å². The summed E-state index contributed by atoms with van der Waals surface area (Å²) < 4.78 is 11.9. The molecule has 2 aromatic heterocycles. The maximum Gasteiger partial charge on any atom is 0.335 e. The van der Waals surface area contributed by atoms with Gasteiger partial charge in [-0.2, -0.15) is 0 Å². The minimum Gasteiger partial charge on any atom is -0.489 e. The summed E-state index contributed by atoms with van der Waals surface area (Å²) in [6.45, 7) is 0.226. The molecule has 6 rings (SSSR count). The number of aromatic carboxylic acids is 1. The third-order valence-corrected chi connectivity index (χ3v) is 7.86. The van der Waals surface area contributed by atoms with Gasteiger partial charge in [0.1, 0.15) is 23.8 Å². The Bertz CT molecular complexity index is 1500. The Labute approximate surface area is 228 Å². The van der Waals surface area contributed by atoms with Crippen LogP contribution >= 0.6 is 34.8 Å². The minimum absolute atomic E-state index is 0.226. The lowest BCUT2D eigenvalue weighted by Crippen LogP contribution is -2.00. The highest BCUT2D eigenvalue weighted by Crippen LogP contribution is 2.56. The van der Waals surface area contributed by atoms with Gasteiger partial charge in [-0.1, -0.05) is 58.2 Å². The van der Waals surface area contributed by atoms with E-state index in [1.807, 2.05) is 24.3 Å². The van der Waals surface area contributed by atoms with Gasteiger partial charge in [-0.3, -0.25) is 4.98 Å². The van der Waals surface area contributed by atoms with Crippen molar-refractivity contribution < 1.29 is 19.2 Å². The van der Waals surface area contributed by atoms with Gasteiger partial charge in [0, 0.05) is 28.9 Å². The number of carbonyl (C=O) groups is 1. The van der Waals surface area contributed by atoms with Crippen LogP contribution in [0.25, 0.3) is 11.3 Å². The van der Waals surface area contributed by atoms with E-state index in [0.717, 1.165) is 41.7 Å². The third-order valence-electron chi connectivity index (χ3n) is 6.96. The Morgan fingerprint density at radius 1 is 1.03 bits per heavy atom. The van der Waals surface area contributed by atoms with Gasteiger partial charge in [0.2, 0.25) is 0 Å². The number of benzene rings is 2. The van der Waals surface area contributed by atoms with Crippen LogP contribution in [-0.2, 0) is 6.61 Å². The lowest BCUT2D eigenvalue weighted by molar-refractivity contribution is 0.0696. The Morgan fingerprint density at radius 3 is 2.51 bits per heavy atom. The van der Waals surface area contributed by atoms with E-state index in [4.69, 9.17) is 44.1 Å². The van der Waals surface area contributed by atoms with E-state index in [1.54, 1.807) is 18.2 Å². The van der Waals surface area contributed by atoms with E-state index in [-0.39, 0.29) is 18.4 Å². The highest BCUT2D eigenvalue weighted by atomic mass is 35.5. The summed E-state index contributed by atoms with van der Waals surface area (Å²) in [5.41, 5.74) is 4.30. The van der Waals surface area contributed by atoms with Crippen molar-refractivity contribution in [2.45, 2.75) is 43.6 Å². The molecule has 9 heteroatoms. The molecule has 2 heterocycles. The van der Waals surface area contributed by atoms with Gasteiger partial charge in [0.05, 0.1) is 21.2 Å².